The standard InChI is InChI=1S/C15H15NO.C11H11N.H2/c1-2-12-8-10-14(11-9-12)16-15(17)13-6-4-3-5-7-13;1-10-4-6-11(7-5-10)12-8-2-3-9-12;/h3-11H,2H2,1H3,(H,16,17);2-9H,1H3;1H. The highest BCUT2D eigenvalue weighted by molar-refractivity contribution is 6.04. The van der Waals surface area contributed by atoms with Gasteiger partial charge in [0, 0.05) is 30.8 Å². The normalized spacial score (nSPS) is 10.0. The fourth-order valence-electron chi connectivity index (χ4n) is 2.84. The van der Waals surface area contributed by atoms with Gasteiger partial charge in [-0.15, -0.1) is 0 Å². The summed E-state index contributed by atoms with van der Waals surface area (Å²) in [6, 6.07) is 29.7. The quantitative estimate of drug-likeness (QED) is 0.426. The fraction of sp³-hybridized carbons (Fsp3) is 0.115. The number of anilines is 1. The number of rotatable bonds is 4. The van der Waals surface area contributed by atoms with Crippen molar-refractivity contribution in [1.29, 1.82) is 0 Å². The maximum absolute atomic E-state index is 11.9. The van der Waals surface area contributed by atoms with Gasteiger partial charge in [-0.3, -0.25) is 4.79 Å². The number of aromatic nitrogens is 1. The van der Waals surface area contributed by atoms with Crippen LogP contribution in [0.25, 0.3) is 5.69 Å². The Hall–Kier alpha value is -3.59. The Morgan fingerprint density at radius 2 is 1.45 bits per heavy atom. The molecule has 0 saturated heterocycles. The molecular weight excluding hydrogens is 356 g/mol. The molecule has 0 aliphatic heterocycles. The third kappa shape index (κ3) is 5.94. The van der Waals surface area contributed by atoms with Crippen LogP contribution in [0.1, 0.15) is 29.8 Å². The second-order valence-corrected chi connectivity index (χ2v) is 6.80. The highest BCUT2D eigenvalue weighted by Gasteiger charge is 2.04. The van der Waals surface area contributed by atoms with E-state index in [1.165, 1.54) is 16.8 Å². The number of carbonyl (C=O) groups is 1. The number of carbonyl (C=O) groups excluding carboxylic acids is 1. The molecule has 1 aromatic heterocycles. The van der Waals surface area contributed by atoms with Crippen molar-refractivity contribution >= 4 is 11.6 Å². The summed E-state index contributed by atoms with van der Waals surface area (Å²) >= 11 is 0. The van der Waals surface area contributed by atoms with Crippen LogP contribution >= 0.6 is 0 Å². The molecule has 3 heteroatoms. The molecule has 3 nitrogen and oxygen atoms in total. The topological polar surface area (TPSA) is 34.0 Å². The lowest BCUT2D eigenvalue weighted by molar-refractivity contribution is 0.102. The van der Waals surface area contributed by atoms with E-state index in [0.29, 0.717) is 5.56 Å². The Bertz CT molecular complexity index is 1010. The molecule has 148 valence electrons. The van der Waals surface area contributed by atoms with E-state index >= 15 is 0 Å². The average molecular weight is 385 g/mol. The molecule has 1 heterocycles. The first-order chi connectivity index (χ1) is 14.2. The van der Waals surface area contributed by atoms with E-state index < -0.39 is 0 Å². The number of nitrogens with zero attached hydrogens (tertiary/aromatic N) is 1. The zero-order valence-electron chi connectivity index (χ0n) is 16.9. The molecule has 0 aliphatic rings. The first-order valence-electron chi connectivity index (χ1n) is 9.81. The van der Waals surface area contributed by atoms with Gasteiger partial charge in [-0.2, -0.15) is 0 Å². The second kappa shape index (κ2) is 10.1. The zero-order chi connectivity index (χ0) is 20.5. The minimum Gasteiger partial charge on any atom is -0.324 e. The van der Waals surface area contributed by atoms with Gasteiger partial charge in [0.15, 0.2) is 0 Å². The molecule has 0 spiro atoms. The number of amides is 1. The van der Waals surface area contributed by atoms with Crippen LogP contribution in [0.3, 0.4) is 0 Å². The molecule has 0 saturated carbocycles. The van der Waals surface area contributed by atoms with Crippen LogP contribution in [0.4, 0.5) is 5.69 Å². The van der Waals surface area contributed by atoms with Crippen LogP contribution in [0.2, 0.25) is 0 Å². The van der Waals surface area contributed by atoms with E-state index in [1.54, 1.807) is 12.1 Å². The van der Waals surface area contributed by atoms with Gasteiger partial charge in [-0.05, 0) is 67.4 Å². The Labute approximate surface area is 174 Å². The van der Waals surface area contributed by atoms with Crippen LogP contribution in [0, 0.1) is 6.92 Å². The number of aryl methyl sites for hydroxylation is 2. The molecule has 0 bridgehead atoms. The lowest BCUT2D eigenvalue weighted by atomic mass is 10.1. The average Bonchev–Trinajstić information content (AvgIpc) is 3.31. The number of hydrogen-bond donors (Lipinski definition) is 1. The maximum Gasteiger partial charge on any atom is 0.255 e. The van der Waals surface area contributed by atoms with Crippen molar-refractivity contribution < 1.29 is 6.22 Å². The van der Waals surface area contributed by atoms with Crippen LogP contribution in [-0.4, -0.2) is 10.5 Å². The third-order valence-corrected chi connectivity index (χ3v) is 4.59. The van der Waals surface area contributed by atoms with E-state index in [-0.39, 0.29) is 7.33 Å². The molecular formula is C26H28N2O. The highest BCUT2D eigenvalue weighted by atomic mass is 16.1. The van der Waals surface area contributed by atoms with E-state index in [9.17, 15) is 4.79 Å². The molecule has 4 rings (SSSR count). The summed E-state index contributed by atoms with van der Waals surface area (Å²) in [6.07, 6.45) is 5.10. The van der Waals surface area contributed by atoms with Crippen LogP contribution < -0.4 is 5.32 Å². The van der Waals surface area contributed by atoms with E-state index in [4.69, 9.17) is 0 Å². The summed E-state index contributed by atoms with van der Waals surface area (Å²) in [5.74, 6) is -0.0742. The molecule has 1 amide bonds. The minimum absolute atomic E-state index is 0. The van der Waals surface area contributed by atoms with Crippen molar-refractivity contribution in [2.75, 3.05) is 5.32 Å². The Morgan fingerprint density at radius 1 is 0.828 bits per heavy atom. The molecule has 3 aromatic carbocycles. The van der Waals surface area contributed by atoms with Crippen molar-refractivity contribution in [1.82, 2.24) is 4.57 Å². The highest BCUT2D eigenvalue weighted by Crippen LogP contribution is 2.12. The van der Waals surface area contributed by atoms with Gasteiger partial charge in [0.25, 0.3) is 5.91 Å². The van der Waals surface area contributed by atoms with Crippen LogP contribution in [0.5, 0.6) is 0 Å². The van der Waals surface area contributed by atoms with Crippen molar-refractivity contribution in [2.24, 2.45) is 0 Å². The molecule has 1 N–H and O–H groups in total. The van der Waals surface area contributed by atoms with Gasteiger partial charge >= 0.3 is 0 Å². The molecule has 0 radical (unpaired) electrons. The molecule has 29 heavy (non-hydrogen) atoms. The van der Waals surface area contributed by atoms with Crippen LogP contribution in [-0.2, 0) is 6.42 Å². The summed E-state index contributed by atoms with van der Waals surface area (Å²) in [5, 5.41) is 2.87. The first-order valence-corrected chi connectivity index (χ1v) is 9.81. The smallest absolute Gasteiger partial charge is 0.255 e. The van der Waals surface area contributed by atoms with Gasteiger partial charge < -0.3 is 9.88 Å². The van der Waals surface area contributed by atoms with E-state index in [1.807, 2.05) is 67.0 Å². The Balaban J connectivity index is 0.000000218. The van der Waals surface area contributed by atoms with Gasteiger partial charge in [0.2, 0.25) is 0 Å². The predicted molar refractivity (Wildman–Crippen MR) is 123 cm³/mol. The predicted octanol–water partition coefficient (Wildman–Crippen LogP) is 6.53. The van der Waals surface area contributed by atoms with Crippen molar-refractivity contribution in [2.45, 2.75) is 20.3 Å². The first kappa shape index (κ1) is 20.2. The molecule has 0 unspecified atom stereocenters. The fourth-order valence-corrected chi connectivity index (χ4v) is 2.84. The monoisotopic (exact) mass is 384 g/mol. The second-order valence-electron chi connectivity index (χ2n) is 6.80. The van der Waals surface area contributed by atoms with Crippen molar-refractivity contribution in [3.05, 3.63) is 120 Å². The number of hydrogen-bond acceptors (Lipinski definition) is 1. The van der Waals surface area contributed by atoms with Gasteiger partial charge in [-0.1, -0.05) is 55.0 Å². The number of benzene rings is 3. The van der Waals surface area contributed by atoms with Gasteiger partial charge in [0.05, 0.1) is 0 Å². The van der Waals surface area contributed by atoms with E-state index in [2.05, 4.69) is 48.0 Å². The van der Waals surface area contributed by atoms with Gasteiger partial charge in [0.1, 0.15) is 0 Å². The summed E-state index contributed by atoms with van der Waals surface area (Å²) in [4.78, 5) is 11.9. The maximum atomic E-state index is 11.9. The summed E-state index contributed by atoms with van der Waals surface area (Å²) in [5.41, 5.74) is 5.28. The zero-order valence-corrected chi connectivity index (χ0v) is 16.9. The van der Waals surface area contributed by atoms with Crippen molar-refractivity contribution in [3.8, 4) is 5.69 Å². The Morgan fingerprint density at radius 3 is 2.03 bits per heavy atom. The summed E-state index contributed by atoms with van der Waals surface area (Å²) in [7, 11) is 0. The molecule has 0 atom stereocenters. The van der Waals surface area contributed by atoms with Crippen LogP contribution in [0.15, 0.2) is 103 Å². The Kier molecular flexibility index (Phi) is 7.01. The lowest BCUT2D eigenvalue weighted by Crippen LogP contribution is -2.11. The summed E-state index contributed by atoms with van der Waals surface area (Å²) in [6.45, 7) is 4.21. The van der Waals surface area contributed by atoms with Gasteiger partial charge in [-0.25, -0.2) is 0 Å². The SMILES string of the molecule is CCc1ccc(NC(=O)c2ccccc2)cc1.Cc1ccc(-n2cccc2)cc1.[HH]. The molecule has 0 aliphatic carbocycles. The van der Waals surface area contributed by atoms with E-state index in [0.717, 1.165) is 12.1 Å². The lowest BCUT2D eigenvalue weighted by Gasteiger charge is -2.05. The number of nitrogens with one attached hydrogen (secondary N) is 1. The minimum atomic E-state index is -0.0742. The third-order valence-electron chi connectivity index (χ3n) is 4.59. The largest absolute Gasteiger partial charge is 0.324 e. The molecule has 4 aromatic rings. The summed E-state index contributed by atoms with van der Waals surface area (Å²) < 4.78 is 2.10. The van der Waals surface area contributed by atoms with Crippen molar-refractivity contribution in [3.63, 3.8) is 0 Å². The molecule has 0 fully saturated rings.